The Labute approximate surface area is 126 Å². The molecule has 4 nitrogen and oxygen atoms in total. The third kappa shape index (κ3) is 3.38. The summed E-state index contributed by atoms with van der Waals surface area (Å²) in [4.78, 5) is 0.379. The molecule has 1 saturated carbocycles. The number of sulfonamides is 1. The van der Waals surface area contributed by atoms with Gasteiger partial charge in [-0.3, -0.25) is 0 Å². The molecule has 6 heteroatoms. The Kier molecular flexibility index (Phi) is 5.15. The summed E-state index contributed by atoms with van der Waals surface area (Å²) in [6.07, 6.45) is 4.98. The van der Waals surface area contributed by atoms with E-state index >= 15 is 0 Å². The molecule has 1 aliphatic carbocycles. The van der Waals surface area contributed by atoms with E-state index in [9.17, 15) is 8.42 Å². The molecule has 0 aliphatic heterocycles. The van der Waals surface area contributed by atoms with Gasteiger partial charge in [0.25, 0.3) is 0 Å². The minimum Gasteiger partial charge on any atom is -0.349 e. The zero-order valence-electron chi connectivity index (χ0n) is 12.2. The van der Waals surface area contributed by atoms with Crippen LogP contribution in [-0.2, 0) is 22.4 Å². The second-order valence-electron chi connectivity index (χ2n) is 5.39. The molecule has 0 saturated heterocycles. The molecule has 1 fully saturated rings. The summed E-state index contributed by atoms with van der Waals surface area (Å²) in [5.74, 6) is 0.888. The zero-order chi connectivity index (χ0) is 14.8. The summed E-state index contributed by atoms with van der Waals surface area (Å²) in [5, 5.41) is 0. The van der Waals surface area contributed by atoms with E-state index in [2.05, 4.69) is 6.92 Å². The maximum absolute atomic E-state index is 12.7. The smallest absolute Gasteiger partial charge is 0.244 e. The van der Waals surface area contributed by atoms with E-state index in [0.29, 0.717) is 29.8 Å². The Morgan fingerprint density at radius 2 is 2.10 bits per heavy atom. The molecule has 0 N–H and O–H groups in total. The van der Waals surface area contributed by atoms with Crippen LogP contribution in [0.4, 0.5) is 0 Å². The molecule has 2 rings (SSSR count). The average Bonchev–Trinajstić information content (AvgIpc) is 3.15. The summed E-state index contributed by atoms with van der Waals surface area (Å²) in [5.41, 5.74) is 0.870. The van der Waals surface area contributed by atoms with Gasteiger partial charge in [-0.1, -0.05) is 13.8 Å². The molecule has 0 spiro atoms. The summed E-state index contributed by atoms with van der Waals surface area (Å²) < 4.78 is 28.9. The largest absolute Gasteiger partial charge is 0.349 e. The number of halogens is 1. The van der Waals surface area contributed by atoms with Gasteiger partial charge in [0.05, 0.1) is 5.88 Å². The lowest BCUT2D eigenvalue weighted by Gasteiger charge is -2.19. The predicted octanol–water partition coefficient (Wildman–Crippen LogP) is 3.06. The molecule has 114 valence electrons. The molecular formula is C14H23ClN2O2S. The Morgan fingerprint density at radius 3 is 2.60 bits per heavy atom. The average molecular weight is 319 g/mol. The number of rotatable bonds is 8. The first-order valence-corrected chi connectivity index (χ1v) is 9.25. The molecule has 0 bridgehead atoms. The molecule has 1 heterocycles. The van der Waals surface area contributed by atoms with Crippen molar-refractivity contribution in [3.63, 3.8) is 0 Å². The van der Waals surface area contributed by atoms with Gasteiger partial charge in [-0.2, -0.15) is 4.31 Å². The highest BCUT2D eigenvalue weighted by Crippen LogP contribution is 2.31. The van der Waals surface area contributed by atoms with Gasteiger partial charge in [-0.15, -0.1) is 11.6 Å². The lowest BCUT2D eigenvalue weighted by Crippen LogP contribution is -2.32. The summed E-state index contributed by atoms with van der Waals surface area (Å²) in [6, 6.07) is 1.72. The van der Waals surface area contributed by atoms with E-state index in [-0.39, 0.29) is 0 Å². The Bertz CT molecular complexity index is 550. The topological polar surface area (TPSA) is 42.3 Å². The highest BCUT2D eigenvalue weighted by atomic mass is 35.5. The van der Waals surface area contributed by atoms with Crippen molar-refractivity contribution in [1.82, 2.24) is 8.87 Å². The van der Waals surface area contributed by atoms with E-state index in [1.807, 2.05) is 11.5 Å². The quantitative estimate of drug-likeness (QED) is 0.691. The fourth-order valence-electron chi connectivity index (χ4n) is 2.36. The van der Waals surface area contributed by atoms with Gasteiger partial charge in [-0.25, -0.2) is 8.42 Å². The molecule has 0 atom stereocenters. The van der Waals surface area contributed by atoms with Crippen molar-refractivity contribution in [3.8, 4) is 0 Å². The first-order valence-electron chi connectivity index (χ1n) is 7.28. The van der Waals surface area contributed by atoms with Crippen molar-refractivity contribution in [2.45, 2.75) is 50.4 Å². The third-order valence-corrected chi connectivity index (χ3v) is 5.89. The Hall–Kier alpha value is -0.520. The number of nitrogens with zero attached hydrogens (tertiary/aromatic N) is 2. The van der Waals surface area contributed by atoms with Crippen molar-refractivity contribution in [3.05, 3.63) is 18.0 Å². The van der Waals surface area contributed by atoms with Crippen LogP contribution in [0.3, 0.4) is 0 Å². The third-order valence-electron chi connectivity index (χ3n) is 3.71. The van der Waals surface area contributed by atoms with Crippen LogP contribution in [-0.4, -0.2) is 30.4 Å². The van der Waals surface area contributed by atoms with Crippen LogP contribution in [0.25, 0.3) is 0 Å². The zero-order valence-corrected chi connectivity index (χ0v) is 13.8. The van der Waals surface area contributed by atoms with Crippen LogP contribution in [0.5, 0.6) is 0 Å². The minimum absolute atomic E-state index is 0.338. The molecule has 20 heavy (non-hydrogen) atoms. The van der Waals surface area contributed by atoms with E-state index in [1.54, 1.807) is 16.6 Å². The van der Waals surface area contributed by atoms with Gasteiger partial charge >= 0.3 is 0 Å². The monoisotopic (exact) mass is 318 g/mol. The number of hydrogen-bond acceptors (Lipinski definition) is 2. The second-order valence-corrected chi connectivity index (χ2v) is 7.60. The standard InChI is InChI=1S/C14H23ClN2O2S/c1-3-7-16-11-14(8-13(16)9-15)20(18,19)17(4-2)10-12-5-6-12/h8,11-12H,3-7,9-10H2,1-2H3. The maximum atomic E-state index is 12.7. The maximum Gasteiger partial charge on any atom is 0.244 e. The van der Waals surface area contributed by atoms with Crippen LogP contribution in [0.15, 0.2) is 17.2 Å². The first-order chi connectivity index (χ1) is 9.52. The highest BCUT2D eigenvalue weighted by Gasteiger charge is 2.31. The van der Waals surface area contributed by atoms with Crippen LogP contribution < -0.4 is 0 Å². The number of aryl methyl sites for hydroxylation is 1. The Balaban J connectivity index is 2.27. The highest BCUT2D eigenvalue weighted by molar-refractivity contribution is 7.89. The normalized spacial score (nSPS) is 16.0. The molecule has 1 aromatic rings. The number of alkyl halides is 1. The van der Waals surface area contributed by atoms with Crippen molar-refractivity contribution < 1.29 is 8.42 Å². The van der Waals surface area contributed by atoms with Gasteiger partial charge < -0.3 is 4.57 Å². The lowest BCUT2D eigenvalue weighted by atomic mass is 10.4. The van der Waals surface area contributed by atoms with Gasteiger partial charge in [0, 0.05) is 31.5 Å². The van der Waals surface area contributed by atoms with E-state index < -0.39 is 10.0 Å². The molecule has 0 aromatic carbocycles. The summed E-state index contributed by atoms with van der Waals surface area (Å²) in [6.45, 7) is 5.93. The van der Waals surface area contributed by atoms with Gasteiger partial charge in [0.15, 0.2) is 0 Å². The van der Waals surface area contributed by atoms with E-state index in [0.717, 1.165) is 31.5 Å². The van der Waals surface area contributed by atoms with Crippen LogP contribution in [0.1, 0.15) is 38.8 Å². The summed E-state index contributed by atoms with van der Waals surface area (Å²) in [7, 11) is -3.38. The van der Waals surface area contributed by atoms with Crippen molar-refractivity contribution in [2.24, 2.45) is 5.92 Å². The van der Waals surface area contributed by atoms with Crippen LogP contribution in [0, 0.1) is 5.92 Å². The van der Waals surface area contributed by atoms with Crippen molar-refractivity contribution >= 4 is 21.6 Å². The SMILES string of the molecule is CCCn1cc(S(=O)(=O)N(CC)CC2CC2)cc1CCl. The molecule has 0 amide bonds. The van der Waals surface area contributed by atoms with Crippen molar-refractivity contribution in [2.75, 3.05) is 13.1 Å². The number of hydrogen-bond donors (Lipinski definition) is 0. The molecule has 1 aromatic heterocycles. The molecular weight excluding hydrogens is 296 g/mol. The minimum atomic E-state index is -3.38. The van der Waals surface area contributed by atoms with Crippen LogP contribution in [0.2, 0.25) is 0 Å². The fraction of sp³-hybridized carbons (Fsp3) is 0.714. The van der Waals surface area contributed by atoms with Gasteiger partial charge in [0.2, 0.25) is 10.0 Å². The Morgan fingerprint density at radius 1 is 1.40 bits per heavy atom. The van der Waals surface area contributed by atoms with Crippen molar-refractivity contribution in [1.29, 1.82) is 0 Å². The van der Waals surface area contributed by atoms with E-state index in [4.69, 9.17) is 11.6 Å². The molecule has 1 aliphatic rings. The lowest BCUT2D eigenvalue weighted by molar-refractivity contribution is 0.412. The van der Waals surface area contributed by atoms with Crippen LogP contribution >= 0.6 is 11.6 Å². The van der Waals surface area contributed by atoms with Gasteiger partial charge in [-0.05, 0) is 31.2 Å². The van der Waals surface area contributed by atoms with E-state index in [1.165, 1.54) is 0 Å². The second kappa shape index (κ2) is 6.50. The predicted molar refractivity (Wildman–Crippen MR) is 81.4 cm³/mol. The fourth-order valence-corrected chi connectivity index (χ4v) is 4.18. The molecule has 0 unspecified atom stereocenters. The van der Waals surface area contributed by atoms with Gasteiger partial charge in [0.1, 0.15) is 4.90 Å². The summed E-state index contributed by atoms with van der Waals surface area (Å²) >= 11 is 5.91. The number of aromatic nitrogens is 1. The molecule has 0 radical (unpaired) electrons. The first kappa shape index (κ1) is 15.9.